The number of carbonyl (C=O) groups excluding carboxylic acids is 1. The summed E-state index contributed by atoms with van der Waals surface area (Å²) in [5.41, 5.74) is 12.8. The van der Waals surface area contributed by atoms with Crippen LogP contribution in [-0.2, 0) is 17.8 Å². The lowest BCUT2D eigenvalue weighted by molar-refractivity contribution is 0.0272. The molecular formula is C34H43N5O4. The SMILES string of the molecule is COc1ccnc(N)c1C(=O)N[C@H]1CCC[C@@H]1OCc1ccc(-c2ccc3c(c2)CC[C@@H]3N2CCN(CCO)CC2)cc1. The predicted molar refractivity (Wildman–Crippen MR) is 167 cm³/mol. The summed E-state index contributed by atoms with van der Waals surface area (Å²) >= 11 is 0. The Hall–Kier alpha value is -3.50. The maximum Gasteiger partial charge on any atom is 0.259 e. The van der Waals surface area contributed by atoms with Gasteiger partial charge >= 0.3 is 0 Å². The van der Waals surface area contributed by atoms with Crippen LogP contribution in [0.3, 0.4) is 0 Å². The van der Waals surface area contributed by atoms with Crippen LogP contribution < -0.4 is 15.8 Å². The summed E-state index contributed by atoms with van der Waals surface area (Å²) in [7, 11) is 1.52. The van der Waals surface area contributed by atoms with Crippen molar-refractivity contribution >= 4 is 11.7 Å². The number of fused-ring (bicyclic) bond motifs is 1. The molecule has 0 radical (unpaired) electrons. The first-order valence-electron chi connectivity index (χ1n) is 15.5. The molecule has 6 rings (SSSR count). The van der Waals surface area contributed by atoms with Crippen LogP contribution in [0.1, 0.15) is 58.8 Å². The van der Waals surface area contributed by atoms with Crippen molar-refractivity contribution in [1.82, 2.24) is 20.1 Å². The number of rotatable bonds is 10. The topological polar surface area (TPSA) is 113 Å². The summed E-state index contributed by atoms with van der Waals surface area (Å²) in [6.45, 7) is 5.71. The van der Waals surface area contributed by atoms with Gasteiger partial charge in [-0.3, -0.25) is 14.6 Å². The fourth-order valence-electron chi connectivity index (χ4n) is 6.98. The second kappa shape index (κ2) is 13.4. The molecule has 0 unspecified atom stereocenters. The zero-order valence-corrected chi connectivity index (χ0v) is 25.0. The number of aliphatic hydroxyl groups is 1. The van der Waals surface area contributed by atoms with Crippen molar-refractivity contribution in [3.63, 3.8) is 0 Å². The van der Waals surface area contributed by atoms with Gasteiger partial charge in [-0.1, -0.05) is 42.5 Å². The van der Waals surface area contributed by atoms with Gasteiger partial charge in [0.25, 0.3) is 5.91 Å². The van der Waals surface area contributed by atoms with Crippen molar-refractivity contribution in [2.75, 3.05) is 52.2 Å². The Labute approximate surface area is 254 Å². The molecule has 2 aromatic carbocycles. The van der Waals surface area contributed by atoms with E-state index in [2.05, 4.69) is 62.6 Å². The minimum Gasteiger partial charge on any atom is -0.496 e. The van der Waals surface area contributed by atoms with Crippen LogP contribution in [0.25, 0.3) is 11.1 Å². The Kier molecular flexibility index (Phi) is 9.23. The number of β-amino-alcohol motifs (C(OH)–C–C–N with tert-alkyl or cyclic N) is 1. The predicted octanol–water partition coefficient (Wildman–Crippen LogP) is 3.80. The van der Waals surface area contributed by atoms with E-state index in [4.69, 9.17) is 15.2 Å². The fourth-order valence-corrected chi connectivity index (χ4v) is 6.98. The number of hydrogen-bond acceptors (Lipinski definition) is 8. The quantitative estimate of drug-likeness (QED) is 0.329. The number of piperazine rings is 1. The van der Waals surface area contributed by atoms with E-state index in [1.165, 1.54) is 42.0 Å². The summed E-state index contributed by atoms with van der Waals surface area (Å²) in [5.74, 6) is 0.287. The molecule has 43 heavy (non-hydrogen) atoms. The maximum atomic E-state index is 13.0. The van der Waals surface area contributed by atoms with E-state index in [0.717, 1.165) is 64.0 Å². The van der Waals surface area contributed by atoms with Gasteiger partial charge in [-0.25, -0.2) is 4.98 Å². The van der Waals surface area contributed by atoms with Crippen LogP contribution in [-0.4, -0.2) is 84.4 Å². The number of nitrogen functional groups attached to an aromatic ring is 1. The Balaban J connectivity index is 1.04. The Morgan fingerprint density at radius 2 is 1.84 bits per heavy atom. The number of amides is 1. The summed E-state index contributed by atoms with van der Waals surface area (Å²) in [5, 5.41) is 12.3. The van der Waals surface area contributed by atoms with Crippen LogP contribution in [0.5, 0.6) is 5.75 Å². The van der Waals surface area contributed by atoms with E-state index in [0.29, 0.717) is 18.4 Å². The van der Waals surface area contributed by atoms with Gasteiger partial charge in [-0.15, -0.1) is 0 Å². The van der Waals surface area contributed by atoms with Crippen LogP contribution in [0, 0.1) is 0 Å². The lowest BCUT2D eigenvalue weighted by atomic mass is 9.98. The van der Waals surface area contributed by atoms with E-state index in [1.54, 1.807) is 6.07 Å². The Bertz CT molecular complexity index is 1410. The zero-order valence-electron chi connectivity index (χ0n) is 25.0. The molecule has 3 aliphatic rings. The first kappa shape index (κ1) is 29.6. The molecule has 2 heterocycles. The van der Waals surface area contributed by atoms with Gasteiger partial charge in [0.15, 0.2) is 0 Å². The van der Waals surface area contributed by atoms with E-state index >= 15 is 0 Å². The standard InChI is InChI=1S/C34H43N5O4/c1-42-31-13-14-36-33(35)32(31)34(41)37-28-3-2-4-30(28)43-22-23-5-7-24(8-6-23)25-9-11-27-26(21-25)10-12-29(27)39-17-15-38(16-18-39)19-20-40/h5-9,11,13-14,21,28-30,40H,2-4,10,12,15-20,22H2,1H3,(H2,35,36)(H,37,41)/t28-,29-,30-/m0/s1. The molecule has 3 aromatic rings. The first-order valence-corrected chi connectivity index (χ1v) is 15.5. The highest BCUT2D eigenvalue weighted by Gasteiger charge is 2.32. The number of aromatic nitrogens is 1. The molecule has 1 aliphatic heterocycles. The number of nitrogens with one attached hydrogen (secondary N) is 1. The molecular weight excluding hydrogens is 542 g/mol. The summed E-state index contributed by atoms with van der Waals surface area (Å²) in [6.07, 6.45) is 6.52. The Morgan fingerprint density at radius 1 is 1.05 bits per heavy atom. The van der Waals surface area contributed by atoms with Gasteiger partial charge in [-0.2, -0.15) is 0 Å². The van der Waals surface area contributed by atoms with Gasteiger partial charge in [0.05, 0.1) is 32.5 Å². The Morgan fingerprint density at radius 3 is 2.60 bits per heavy atom. The van der Waals surface area contributed by atoms with Crippen molar-refractivity contribution in [3.05, 3.63) is 77.0 Å². The number of nitrogens with two attached hydrogens (primary N) is 1. The molecule has 9 heteroatoms. The largest absolute Gasteiger partial charge is 0.496 e. The third-order valence-corrected chi connectivity index (χ3v) is 9.36. The lowest BCUT2D eigenvalue weighted by Crippen LogP contribution is -2.47. The maximum absolute atomic E-state index is 13.0. The third-order valence-electron chi connectivity index (χ3n) is 9.36. The number of carbonyl (C=O) groups is 1. The minimum atomic E-state index is -0.284. The van der Waals surface area contributed by atoms with Gasteiger partial charge in [0.2, 0.25) is 0 Å². The average Bonchev–Trinajstić information content (AvgIpc) is 3.67. The van der Waals surface area contributed by atoms with E-state index in [1.807, 2.05) is 0 Å². The molecule has 1 amide bonds. The number of nitrogens with zero attached hydrogens (tertiary/aromatic N) is 3. The molecule has 2 fully saturated rings. The summed E-state index contributed by atoms with van der Waals surface area (Å²) < 4.78 is 11.6. The molecule has 3 atom stereocenters. The number of anilines is 1. The van der Waals surface area contributed by atoms with E-state index in [-0.39, 0.29) is 36.0 Å². The molecule has 228 valence electrons. The third kappa shape index (κ3) is 6.55. The number of pyridine rings is 1. The highest BCUT2D eigenvalue weighted by molar-refractivity contribution is 6.01. The number of hydrogen-bond donors (Lipinski definition) is 3. The molecule has 1 saturated heterocycles. The fraction of sp³-hybridized carbons (Fsp3) is 0.471. The minimum absolute atomic E-state index is 0.0603. The van der Waals surface area contributed by atoms with Crippen molar-refractivity contribution in [2.24, 2.45) is 0 Å². The second-order valence-corrected chi connectivity index (χ2v) is 11.9. The lowest BCUT2D eigenvalue weighted by Gasteiger charge is -2.38. The number of aliphatic hydroxyl groups excluding tert-OH is 1. The molecule has 2 aliphatic carbocycles. The number of benzene rings is 2. The molecule has 1 saturated carbocycles. The van der Waals surface area contributed by atoms with Gasteiger partial charge < -0.3 is 25.6 Å². The monoisotopic (exact) mass is 585 g/mol. The van der Waals surface area contributed by atoms with Gasteiger partial charge in [-0.05, 0) is 66.0 Å². The van der Waals surface area contributed by atoms with Crippen molar-refractivity contribution in [3.8, 4) is 16.9 Å². The number of ether oxygens (including phenoxy) is 2. The smallest absolute Gasteiger partial charge is 0.259 e. The number of aryl methyl sites for hydroxylation is 1. The molecule has 9 nitrogen and oxygen atoms in total. The number of methoxy groups -OCH3 is 1. The van der Waals surface area contributed by atoms with E-state index in [9.17, 15) is 9.90 Å². The van der Waals surface area contributed by atoms with Crippen LogP contribution in [0.4, 0.5) is 5.82 Å². The van der Waals surface area contributed by atoms with Crippen LogP contribution >= 0.6 is 0 Å². The molecule has 0 bridgehead atoms. The molecule has 1 aromatic heterocycles. The second-order valence-electron chi connectivity index (χ2n) is 11.9. The van der Waals surface area contributed by atoms with Crippen molar-refractivity contribution in [1.29, 1.82) is 0 Å². The zero-order chi connectivity index (χ0) is 29.8. The van der Waals surface area contributed by atoms with Crippen molar-refractivity contribution in [2.45, 2.75) is 56.9 Å². The molecule has 4 N–H and O–H groups in total. The van der Waals surface area contributed by atoms with Crippen LogP contribution in [0.15, 0.2) is 54.7 Å². The normalized spacial score (nSPS) is 22.4. The summed E-state index contributed by atoms with van der Waals surface area (Å²) in [6, 6.07) is 17.7. The van der Waals surface area contributed by atoms with Crippen LogP contribution in [0.2, 0.25) is 0 Å². The average molecular weight is 586 g/mol. The van der Waals surface area contributed by atoms with E-state index < -0.39 is 0 Å². The molecule has 0 spiro atoms. The highest BCUT2D eigenvalue weighted by atomic mass is 16.5. The van der Waals surface area contributed by atoms with Crippen molar-refractivity contribution < 1.29 is 19.4 Å². The van der Waals surface area contributed by atoms with Gasteiger partial charge in [0, 0.05) is 45.0 Å². The first-order chi connectivity index (χ1) is 21.0. The van der Waals surface area contributed by atoms with Gasteiger partial charge in [0.1, 0.15) is 17.1 Å². The highest BCUT2D eigenvalue weighted by Crippen LogP contribution is 2.38. The summed E-state index contributed by atoms with van der Waals surface area (Å²) in [4.78, 5) is 22.0.